The van der Waals surface area contributed by atoms with Crippen molar-refractivity contribution < 1.29 is 9.53 Å². The third kappa shape index (κ3) is 8.22. The lowest BCUT2D eigenvalue weighted by Crippen LogP contribution is -2.55. The summed E-state index contributed by atoms with van der Waals surface area (Å²) in [7, 11) is 1.86. The molecule has 1 N–H and O–H groups in total. The molecule has 1 amide bonds. The zero-order chi connectivity index (χ0) is 27.8. The molecule has 2 aromatic carbocycles. The number of benzene rings is 2. The average Bonchev–Trinajstić information content (AvgIpc) is 3.30. The van der Waals surface area contributed by atoms with Gasteiger partial charge in [-0.3, -0.25) is 9.48 Å². The SMILES string of the molecule is Cc1cc(-c2ccnc(Nc3cnn(C)c3)n2)ccc1CCC(=O)N1CC(OC(C)C)C1.Cc1ccccc1. The molecular formula is C31H38N6O2. The maximum atomic E-state index is 12.5. The number of aryl methyl sites for hydroxylation is 4. The first-order chi connectivity index (χ1) is 18.8. The van der Waals surface area contributed by atoms with Gasteiger partial charge in [-0.25, -0.2) is 9.97 Å². The van der Waals surface area contributed by atoms with Crippen LogP contribution in [-0.4, -0.2) is 55.9 Å². The molecule has 1 aliphatic rings. The third-order valence-corrected chi connectivity index (χ3v) is 6.47. The Labute approximate surface area is 231 Å². The fourth-order valence-electron chi connectivity index (χ4n) is 4.38. The molecule has 0 aliphatic carbocycles. The molecule has 1 fully saturated rings. The fourth-order valence-corrected chi connectivity index (χ4v) is 4.38. The van der Waals surface area contributed by atoms with E-state index in [2.05, 4.69) is 64.6 Å². The number of carbonyl (C=O) groups excluding carboxylic acids is 1. The summed E-state index contributed by atoms with van der Waals surface area (Å²) in [6.07, 6.45) is 6.98. The van der Waals surface area contributed by atoms with Gasteiger partial charge in [0.15, 0.2) is 0 Å². The number of nitrogens with zero attached hydrogens (tertiary/aromatic N) is 5. The van der Waals surface area contributed by atoms with Gasteiger partial charge in [0.2, 0.25) is 11.9 Å². The normalized spacial score (nSPS) is 13.0. The van der Waals surface area contributed by atoms with Crippen molar-refractivity contribution in [3.63, 3.8) is 0 Å². The number of aromatic nitrogens is 4. The largest absolute Gasteiger partial charge is 0.372 e. The lowest BCUT2D eigenvalue weighted by Gasteiger charge is -2.40. The first-order valence-electron chi connectivity index (χ1n) is 13.4. The topological polar surface area (TPSA) is 85.2 Å². The Bertz CT molecular complexity index is 1360. The number of hydrogen-bond donors (Lipinski definition) is 1. The van der Waals surface area contributed by atoms with E-state index in [1.54, 1.807) is 17.1 Å². The zero-order valence-corrected chi connectivity index (χ0v) is 23.5. The molecule has 0 radical (unpaired) electrons. The van der Waals surface area contributed by atoms with E-state index in [0.717, 1.165) is 28.9 Å². The number of nitrogens with one attached hydrogen (secondary N) is 1. The van der Waals surface area contributed by atoms with Gasteiger partial charge in [0, 0.05) is 44.5 Å². The molecule has 4 aromatic rings. The van der Waals surface area contributed by atoms with Crippen LogP contribution in [0.15, 0.2) is 73.2 Å². The van der Waals surface area contributed by atoms with Crippen molar-refractivity contribution in [1.29, 1.82) is 0 Å². The number of rotatable bonds is 8. The Hall–Kier alpha value is -4.04. The highest BCUT2D eigenvalue weighted by molar-refractivity contribution is 5.77. The highest BCUT2D eigenvalue weighted by atomic mass is 16.5. The van der Waals surface area contributed by atoms with Crippen LogP contribution in [0.3, 0.4) is 0 Å². The summed E-state index contributed by atoms with van der Waals surface area (Å²) >= 11 is 0. The highest BCUT2D eigenvalue weighted by Gasteiger charge is 2.31. The maximum absolute atomic E-state index is 12.5. The molecule has 0 saturated carbocycles. The summed E-state index contributed by atoms with van der Waals surface area (Å²) < 4.78 is 7.45. The van der Waals surface area contributed by atoms with Gasteiger partial charge in [-0.1, -0.05) is 48.0 Å². The van der Waals surface area contributed by atoms with Gasteiger partial charge in [-0.2, -0.15) is 5.10 Å². The Morgan fingerprint density at radius 1 is 1.10 bits per heavy atom. The molecule has 8 heteroatoms. The second kappa shape index (κ2) is 13.2. The maximum Gasteiger partial charge on any atom is 0.227 e. The summed E-state index contributed by atoms with van der Waals surface area (Å²) in [6, 6.07) is 18.4. The van der Waals surface area contributed by atoms with Gasteiger partial charge < -0.3 is 15.0 Å². The molecule has 204 valence electrons. The van der Waals surface area contributed by atoms with Gasteiger partial charge in [0.05, 0.1) is 29.8 Å². The molecule has 0 unspecified atom stereocenters. The molecule has 0 spiro atoms. The molecule has 5 rings (SSSR count). The number of hydrogen-bond acceptors (Lipinski definition) is 6. The van der Waals surface area contributed by atoms with Gasteiger partial charge >= 0.3 is 0 Å². The van der Waals surface area contributed by atoms with Gasteiger partial charge in [-0.15, -0.1) is 0 Å². The van der Waals surface area contributed by atoms with Crippen LogP contribution in [0, 0.1) is 13.8 Å². The van der Waals surface area contributed by atoms with Crippen molar-refractivity contribution in [1.82, 2.24) is 24.6 Å². The van der Waals surface area contributed by atoms with Gasteiger partial charge in [-0.05, 0) is 57.4 Å². The van der Waals surface area contributed by atoms with Crippen molar-refractivity contribution in [3.8, 4) is 11.3 Å². The van der Waals surface area contributed by atoms with E-state index in [9.17, 15) is 4.79 Å². The number of anilines is 2. The summed E-state index contributed by atoms with van der Waals surface area (Å²) in [5.74, 6) is 0.719. The monoisotopic (exact) mass is 526 g/mol. The number of amides is 1. The summed E-state index contributed by atoms with van der Waals surface area (Å²) in [5, 5.41) is 7.32. The van der Waals surface area contributed by atoms with E-state index in [0.29, 0.717) is 25.5 Å². The van der Waals surface area contributed by atoms with E-state index >= 15 is 0 Å². The molecule has 0 bridgehead atoms. The van der Waals surface area contributed by atoms with E-state index in [4.69, 9.17) is 4.74 Å². The summed E-state index contributed by atoms with van der Waals surface area (Å²) in [4.78, 5) is 23.3. The lowest BCUT2D eigenvalue weighted by molar-refractivity contribution is -0.148. The molecule has 1 saturated heterocycles. The van der Waals surface area contributed by atoms with Crippen LogP contribution < -0.4 is 5.32 Å². The smallest absolute Gasteiger partial charge is 0.227 e. The van der Waals surface area contributed by atoms with Crippen LogP contribution in [0.2, 0.25) is 0 Å². The van der Waals surface area contributed by atoms with Crippen molar-refractivity contribution in [3.05, 3.63) is 89.9 Å². The molecular weight excluding hydrogens is 488 g/mol. The molecule has 0 atom stereocenters. The van der Waals surface area contributed by atoms with Crippen LogP contribution in [0.5, 0.6) is 0 Å². The molecule has 39 heavy (non-hydrogen) atoms. The zero-order valence-electron chi connectivity index (χ0n) is 23.5. The minimum Gasteiger partial charge on any atom is -0.372 e. The van der Waals surface area contributed by atoms with Crippen LogP contribution in [-0.2, 0) is 23.0 Å². The average molecular weight is 527 g/mol. The molecule has 1 aliphatic heterocycles. The van der Waals surface area contributed by atoms with Crippen LogP contribution in [0.4, 0.5) is 11.6 Å². The Morgan fingerprint density at radius 3 is 2.49 bits per heavy atom. The standard InChI is InChI=1S/C24H30N6O2.C7H8/c1-16(2)32-21-14-30(15-21)23(31)8-7-18-5-6-19(11-17(18)3)22-9-10-25-24(28-22)27-20-12-26-29(4)13-20;1-7-5-3-2-4-6-7/h5-6,9-13,16,21H,7-8,14-15H2,1-4H3,(H,25,27,28);2-6H,1H3. The Kier molecular flexibility index (Phi) is 9.44. The van der Waals surface area contributed by atoms with E-state index in [1.165, 1.54) is 11.1 Å². The second-order valence-electron chi connectivity index (χ2n) is 10.2. The van der Waals surface area contributed by atoms with Gasteiger partial charge in [0.25, 0.3) is 0 Å². The van der Waals surface area contributed by atoms with Crippen molar-refractivity contribution in [2.75, 3.05) is 18.4 Å². The molecule has 8 nitrogen and oxygen atoms in total. The highest BCUT2D eigenvalue weighted by Crippen LogP contribution is 2.24. The van der Waals surface area contributed by atoms with Gasteiger partial charge in [0.1, 0.15) is 0 Å². The predicted octanol–water partition coefficient (Wildman–Crippen LogP) is 5.49. The number of likely N-dealkylation sites (tertiary alicyclic amines) is 1. The van der Waals surface area contributed by atoms with Crippen LogP contribution >= 0.6 is 0 Å². The van der Waals surface area contributed by atoms with Crippen LogP contribution in [0.25, 0.3) is 11.3 Å². The summed E-state index contributed by atoms with van der Waals surface area (Å²) in [5.41, 5.74) is 6.35. The van der Waals surface area contributed by atoms with Crippen molar-refractivity contribution in [2.24, 2.45) is 7.05 Å². The minimum atomic E-state index is 0.186. The first-order valence-corrected chi connectivity index (χ1v) is 13.4. The minimum absolute atomic E-state index is 0.186. The summed E-state index contributed by atoms with van der Waals surface area (Å²) in [6.45, 7) is 9.62. The Balaban J connectivity index is 0.000000438. The lowest BCUT2D eigenvalue weighted by atomic mass is 9.99. The van der Waals surface area contributed by atoms with E-state index in [1.807, 2.05) is 56.3 Å². The fraction of sp³-hybridized carbons (Fsp3) is 0.355. The van der Waals surface area contributed by atoms with E-state index < -0.39 is 0 Å². The predicted molar refractivity (Wildman–Crippen MR) is 155 cm³/mol. The Morgan fingerprint density at radius 2 is 1.87 bits per heavy atom. The van der Waals surface area contributed by atoms with Crippen molar-refractivity contribution in [2.45, 2.75) is 52.7 Å². The third-order valence-electron chi connectivity index (χ3n) is 6.47. The number of ether oxygens (including phenoxy) is 1. The quantitative estimate of drug-likeness (QED) is 0.327. The molecule has 3 heterocycles. The van der Waals surface area contributed by atoms with Crippen LogP contribution in [0.1, 0.15) is 37.0 Å². The first kappa shape index (κ1) is 28.0. The second-order valence-corrected chi connectivity index (χ2v) is 10.2. The molecule has 2 aromatic heterocycles. The number of carbonyl (C=O) groups is 1. The van der Waals surface area contributed by atoms with E-state index in [-0.39, 0.29) is 18.1 Å². The van der Waals surface area contributed by atoms with Crippen molar-refractivity contribution >= 4 is 17.5 Å².